The van der Waals surface area contributed by atoms with Crippen molar-refractivity contribution < 1.29 is 14.8 Å². The maximum Gasteiger partial charge on any atom is 0.269 e. The summed E-state index contributed by atoms with van der Waals surface area (Å²) in [6.07, 6.45) is 0.0567. The summed E-state index contributed by atoms with van der Waals surface area (Å²) in [6, 6.07) is 6.23. The molecule has 0 spiro atoms. The zero-order valence-corrected chi connectivity index (χ0v) is 13.5. The number of aliphatic hydroxyl groups excluding tert-OH is 1. The number of nitro benzene ring substituents is 1. The van der Waals surface area contributed by atoms with Crippen LogP contribution in [0.5, 0.6) is 0 Å². The molecule has 0 aliphatic carbocycles. The van der Waals surface area contributed by atoms with Crippen LogP contribution in [0, 0.1) is 10.1 Å². The van der Waals surface area contributed by atoms with Gasteiger partial charge in [-0.1, -0.05) is 12.1 Å². The van der Waals surface area contributed by atoms with Gasteiger partial charge in [0, 0.05) is 24.7 Å². The number of ether oxygens (including phenoxy) is 1. The molecule has 0 amide bonds. The van der Waals surface area contributed by atoms with Gasteiger partial charge in [0.15, 0.2) is 0 Å². The fourth-order valence-corrected chi connectivity index (χ4v) is 3.10. The monoisotopic (exact) mass is 308 g/mol. The minimum Gasteiger partial charge on any atom is -0.387 e. The molecule has 1 aliphatic heterocycles. The second-order valence-electron chi connectivity index (χ2n) is 7.00. The molecule has 1 saturated heterocycles. The summed E-state index contributed by atoms with van der Waals surface area (Å²) >= 11 is 0. The van der Waals surface area contributed by atoms with E-state index in [-0.39, 0.29) is 22.9 Å². The summed E-state index contributed by atoms with van der Waals surface area (Å²) in [5, 5.41) is 24.4. The molecule has 2 N–H and O–H groups in total. The van der Waals surface area contributed by atoms with Gasteiger partial charge in [0.1, 0.15) is 0 Å². The average Bonchev–Trinajstić information content (AvgIpc) is 2.63. The first-order valence-electron chi connectivity index (χ1n) is 7.47. The second kappa shape index (κ2) is 5.95. The highest BCUT2D eigenvalue weighted by molar-refractivity contribution is 5.35. The third kappa shape index (κ3) is 3.82. The molecular weight excluding hydrogens is 284 g/mol. The van der Waals surface area contributed by atoms with Gasteiger partial charge in [0.25, 0.3) is 5.69 Å². The van der Waals surface area contributed by atoms with E-state index in [0.29, 0.717) is 12.1 Å². The van der Waals surface area contributed by atoms with Crippen molar-refractivity contribution in [3.05, 3.63) is 39.9 Å². The van der Waals surface area contributed by atoms with Crippen molar-refractivity contribution in [3.8, 4) is 0 Å². The van der Waals surface area contributed by atoms with Crippen LogP contribution in [-0.2, 0) is 4.74 Å². The summed E-state index contributed by atoms with van der Waals surface area (Å²) in [7, 11) is 0. The van der Waals surface area contributed by atoms with Crippen LogP contribution < -0.4 is 5.32 Å². The molecular formula is C16H24N2O4. The smallest absolute Gasteiger partial charge is 0.269 e. The Balaban J connectivity index is 2.00. The number of rotatable bonds is 5. The normalized spacial score (nSPS) is 24.1. The lowest BCUT2D eigenvalue weighted by Crippen LogP contribution is -2.44. The summed E-state index contributed by atoms with van der Waals surface area (Å²) in [5.41, 5.74) is 0.0173. The van der Waals surface area contributed by atoms with Crippen LogP contribution in [0.1, 0.15) is 45.8 Å². The molecule has 2 atom stereocenters. The Hall–Kier alpha value is -1.50. The molecule has 0 unspecified atom stereocenters. The van der Waals surface area contributed by atoms with Crippen LogP contribution in [0.4, 0.5) is 5.69 Å². The highest BCUT2D eigenvalue weighted by Crippen LogP contribution is 2.37. The lowest BCUT2D eigenvalue weighted by molar-refractivity contribution is -0.385. The molecule has 1 aromatic carbocycles. The first kappa shape index (κ1) is 16.9. The fraction of sp³-hybridized carbons (Fsp3) is 0.625. The zero-order valence-electron chi connectivity index (χ0n) is 13.5. The number of nitro groups is 1. The van der Waals surface area contributed by atoms with Crippen LogP contribution in [0.15, 0.2) is 24.3 Å². The molecule has 22 heavy (non-hydrogen) atoms. The van der Waals surface area contributed by atoms with Crippen molar-refractivity contribution in [2.75, 3.05) is 6.54 Å². The molecule has 1 fully saturated rings. The van der Waals surface area contributed by atoms with Gasteiger partial charge in [-0.25, -0.2) is 0 Å². The van der Waals surface area contributed by atoms with Gasteiger partial charge in [0.2, 0.25) is 0 Å². The Morgan fingerprint density at radius 1 is 1.45 bits per heavy atom. The minimum atomic E-state index is -0.792. The Labute approximate surface area is 130 Å². The largest absolute Gasteiger partial charge is 0.387 e. The van der Waals surface area contributed by atoms with E-state index >= 15 is 0 Å². The van der Waals surface area contributed by atoms with Crippen molar-refractivity contribution >= 4 is 5.69 Å². The van der Waals surface area contributed by atoms with Crippen molar-refractivity contribution in [2.24, 2.45) is 0 Å². The van der Waals surface area contributed by atoms with E-state index in [0.717, 1.165) is 6.42 Å². The number of benzene rings is 1. The summed E-state index contributed by atoms with van der Waals surface area (Å²) in [5.74, 6) is 0. The number of nitrogens with zero attached hydrogens (tertiary/aromatic N) is 1. The predicted molar refractivity (Wildman–Crippen MR) is 83.7 cm³/mol. The average molecular weight is 308 g/mol. The third-order valence-corrected chi connectivity index (χ3v) is 4.10. The molecule has 6 nitrogen and oxygen atoms in total. The van der Waals surface area contributed by atoms with E-state index in [2.05, 4.69) is 5.32 Å². The minimum absolute atomic E-state index is 0.0118. The number of non-ortho nitro benzene ring substituents is 1. The number of hydrogen-bond acceptors (Lipinski definition) is 5. The van der Waals surface area contributed by atoms with Crippen molar-refractivity contribution in [1.29, 1.82) is 0 Å². The van der Waals surface area contributed by atoms with E-state index in [9.17, 15) is 15.2 Å². The lowest BCUT2D eigenvalue weighted by Gasteiger charge is -2.28. The van der Waals surface area contributed by atoms with Gasteiger partial charge < -0.3 is 15.2 Å². The molecule has 0 aromatic heterocycles. The molecule has 0 saturated carbocycles. The van der Waals surface area contributed by atoms with Gasteiger partial charge >= 0.3 is 0 Å². The van der Waals surface area contributed by atoms with Crippen LogP contribution >= 0.6 is 0 Å². The fourth-order valence-electron chi connectivity index (χ4n) is 3.10. The van der Waals surface area contributed by atoms with Crippen LogP contribution in [-0.4, -0.2) is 33.8 Å². The number of nitrogens with one attached hydrogen (secondary N) is 1. The van der Waals surface area contributed by atoms with E-state index in [1.807, 2.05) is 27.7 Å². The van der Waals surface area contributed by atoms with E-state index in [1.165, 1.54) is 12.1 Å². The molecule has 1 aliphatic rings. The Morgan fingerprint density at radius 2 is 2.14 bits per heavy atom. The zero-order chi connectivity index (χ0) is 16.5. The summed E-state index contributed by atoms with van der Waals surface area (Å²) in [6.45, 7) is 8.48. The summed E-state index contributed by atoms with van der Waals surface area (Å²) in [4.78, 5) is 10.3. The third-order valence-electron chi connectivity index (χ3n) is 4.10. The van der Waals surface area contributed by atoms with Gasteiger partial charge in [-0.15, -0.1) is 0 Å². The molecule has 0 bridgehead atoms. The standard InChI is InChI=1S/C16H24N2O4/c1-15(2)9-14(16(3,4)22-15)17-10-13(19)11-6-5-7-12(8-11)18(20)21/h5-8,13-14,17,19H,9-10H2,1-4H3/t13-,14+/m0/s1. The first-order chi connectivity index (χ1) is 10.1. The maximum absolute atomic E-state index is 10.8. The van der Waals surface area contributed by atoms with E-state index in [1.54, 1.807) is 12.1 Å². The van der Waals surface area contributed by atoms with Crippen LogP contribution in [0.2, 0.25) is 0 Å². The van der Waals surface area contributed by atoms with Crippen molar-refractivity contribution in [2.45, 2.75) is 57.5 Å². The van der Waals surface area contributed by atoms with Gasteiger partial charge in [-0.05, 0) is 39.7 Å². The number of hydrogen-bond donors (Lipinski definition) is 2. The predicted octanol–water partition coefficient (Wildman–Crippen LogP) is 2.56. The highest BCUT2D eigenvalue weighted by Gasteiger charge is 2.45. The van der Waals surface area contributed by atoms with Gasteiger partial charge in [-0.3, -0.25) is 10.1 Å². The second-order valence-corrected chi connectivity index (χ2v) is 7.00. The lowest BCUT2D eigenvalue weighted by atomic mass is 9.94. The maximum atomic E-state index is 10.8. The van der Waals surface area contributed by atoms with Gasteiger partial charge in [-0.2, -0.15) is 0 Å². The molecule has 2 rings (SSSR count). The number of aliphatic hydroxyl groups is 1. The van der Waals surface area contributed by atoms with E-state index < -0.39 is 11.0 Å². The molecule has 1 heterocycles. The first-order valence-corrected chi connectivity index (χ1v) is 7.47. The summed E-state index contributed by atoms with van der Waals surface area (Å²) < 4.78 is 6.00. The van der Waals surface area contributed by atoms with Crippen molar-refractivity contribution in [3.63, 3.8) is 0 Å². The molecule has 1 aromatic rings. The van der Waals surface area contributed by atoms with Crippen LogP contribution in [0.25, 0.3) is 0 Å². The quantitative estimate of drug-likeness (QED) is 0.645. The van der Waals surface area contributed by atoms with Gasteiger partial charge in [0.05, 0.1) is 22.2 Å². The molecule has 6 heteroatoms. The SMILES string of the molecule is CC1(C)C[C@@H](NC[C@H](O)c2cccc([N+](=O)[O-])c2)C(C)(C)O1. The highest BCUT2D eigenvalue weighted by atomic mass is 16.6. The van der Waals surface area contributed by atoms with E-state index in [4.69, 9.17) is 4.74 Å². The molecule has 0 radical (unpaired) electrons. The Morgan fingerprint density at radius 3 is 2.68 bits per heavy atom. The molecule has 122 valence electrons. The Bertz CT molecular complexity index is 557. The Kier molecular flexibility index (Phi) is 4.56. The van der Waals surface area contributed by atoms with Crippen molar-refractivity contribution in [1.82, 2.24) is 5.32 Å². The topological polar surface area (TPSA) is 84.6 Å². The van der Waals surface area contributed by atoms with Crippen LogP contribution in [0.3, 0.4) is 0 Å².